The summed E-state index contributed by atoms with van der Waals surface area (Å²) in [5.74, 6) is 1.85. The molecule has 2 aromatic rings. The van der Waals surface area contributed by atoms with Crippen molar-refractivity contribution in [2.24, 2.45) is 4.99 Å². The quantitative estimate of drug-likeness (QED) is 0.658. The zero-order valence-corrected chi connectivity index (χ0v) is 14.2. The van der Waals surface area contributed by atoms with Crippen molar-refractivity contribution in [3.8, 4) is 11.5 Å². The molecule has 0 bridgehead atoms. The topological polar surface area (TPSA) is 54.9 Å². The standard InChI is InChI=1S/C19H22FN3O2/c1-2-21-19(22-13-14-5-3-6-15(20)11-14)23-16-7-8-17-18(12-16)25-10-4-9-24-17/h3,5-8,11-12H,2,4,9-10,13H2,1H3,(H2,21,22,23). The van der Waals surface area contributed by atoms with Crippen LogP contribution in [0.1, 0.15) is 18.9 Å². The number of guanidine groups is 1. The lowest BCUT2D eigenvalue weighted by Crippen LogP contribution is -2.30. The van der Waals surface area contributed by atoms with Crippen LogP contribution in [-0.2, 0) is 6.54 Å². The molecule has 0 amide bonds. The SMILES string of the molecule is CCNC(=NCc1cccc(F)c1)Nc1ccc2c(c1)OCCCO2. The van der Waals surface area contributed by atoms with Gasteiger partial charge in [0.05, 0.1) is 19.8 Å². The minimum absolute atomic E-state index is 0.256. The molecular weight excluding hydrogens is 321 g/mol. The average Bonchev–Trinajstić information content (AvgIpc) is 2.85. The van der Waals surface area contributed by atoms with Crippen molar-refractivity contribution in [1.29, 1.82) is 0 Å². The number of benzene rings is 2. The van der Waals surface area contributed by atoms with Gasteiger partial charge >= 0.3 is 0 Å². The second kappa shape index (κ2) is 8.37. The lowest BCUT2D eigenvalue weighted by molar-refractivity contribution is 0.297. The van der Waals surface area contributed by atoms with Crippen molar-refractivity contribution in [3.05, 3.63) is 53.8 Å². The Morgan fingerprint density at radius 2 is 1.96 bits per heavy atom. The van der Waals surface area contributed by atoms with Gasteiger partial charge in [0.15, 0.2) is 17.5 Å². The fourth-order valence-electron chi connectivity index (χ4n) is 2.49. The summed E-state index contributed by atoms with van der Waals surface area (Å²) in [5, 5.41) is 6.43. The van der Waals surface area contributed by atoms with Crippen LogP contribution < -0.4 is 20.1 Å². The fourth-order valence-corrected chi connectivity index (χ4v) is 2.49. The van der Waals surface area contributed by atoms with E-state index < -0.39 is 0 Å². The number of nitrogens with one attached hydrogen (secondary N) is 2. The zero-order chi connectivity index (χ0) is 17.5. The molecule has 0 radical (unpaired) electrons. The number of aliphatic imine (C=N–C) groups is 1. The second-order valence-corrected chi connectivity index (χ2v) is 5.66. The lowest BCUT2D eigenvalue weighted by Gasteiger charge is -2.13. The van der Waals surface area contributed by atoms with Crippen LogP contribution in [-0.4, -0.2) is 25.7 Å². The van der Waals surface area contributed by atoms with E-state index >= 15 is 0 Å². The molecule has 0 atom stereocenters. The Labute approximate surface area is 146 Å². The fraction of sp³-hybridized carbons (Fsp3) is 0.316. The highest BCUT2D eigenvalue weighted by atomic mass is 19.1. The predicted octanol–water partition coefficient (Wildman–Crippen LogP) is 3.56. The van der Waals surface area contributed by atoms with Gasteiger partial charge in [-0.25, -0.2) is 9.38 Å². The Bertz CT molecular complexity index is 749. The maximum Gasteiger partial charge on any atom is 0.196 e. The Morgan fingerprint density at radius 1 is 1.12 bits per heavy atom. The normalized spacial score (nSPS) is 13.9. The van der Waals surface area contributed by atoms with Crippen LogP contribution in [0.15, 0.2) is 47.5 Å². The van der Waals surface area contributed by atoms with Gasteiger partial charge in [0.1, 0.15) is 5.82 Å². The number of rotatable bonds is 4. The molecule has 1 aliphatic heterocycles. The highest BCUT2D eigenvalue weighted by Crippen LogP contribution is 2.32. The number of anilines is 1. The third-order valence-corrected chi connectivity index (χ3v) is 3.66. The summed E-state index contributed by atoms with van der Waals surface area (Å²) >= 11 is 0. The van der Waals surface area contributed by atoms with E-state index in [2.05, 4.69) is 15.6 Å². The van der Waals surface area contributed by atoms with Crippen molar-refractivity contribution in [2.75, 3.05) is 25.1 Å². The van der Waals surface area contributed by atoms with Crippen LogP contribution in [0, 0.1) is 5.82 Å². The largest absolute Gasteiger partial charge is 0.490 e. The molecule has 1 aliphatic rings. The van der Waals surface area contributed by atoms with Crippen molar-refractivity contribution in [2.45, 2.75) is 19.9 Å². The van der Waals surface area contributed by atoms with Crippen LogP contribution in [0.2, 0.25) is 0 Å². The number of hydrogen-bond donors (Lipinski definition) is 2. The summed E-state index contributed by atoms with van der Waals surface area (Å²) < 4.78 is 24.6. The van der Waals surface area contributed by atoms with Gasteiger partial charge in [-0.05, 0) is 36.8 Å². The number of hydrogen-bond acceptors (Lipinski definition) is 3. The first-order valence-electron chi connectivity index (χ1n) is 8.44. The smallest absolute Gasteiger partial charge is 0.196 e. The van der Waals surface area contributed by atoms with E-state index in [0.29, 0.717) is 25.7 Å². The molecule has 0 spiro atoms. The highest BCUT2D eigenvalue weighted by Gasteiger charge is 2.11. The molecule has 0 unspecified atom stereocenters. The van der Waals surface area contributed by atoms with Crippen LogP contribution in [0.3, 0.4) is 0 Å². The van der Waals surface area contributed by atoms with E-state index in [1.165, 1.54) is 12.1 Å². The minimum atomic E-state index is -0.256. The molecule has 1 heterocycles. The summed E-state index contributed by atoms with van der Waals surface area (Å²) in [6.07, 6.45) is 0.870. The molecule has 6 heteroatoms. The Kier molecular flexibility index (Phi) is 5.72. The van der Waals surface area contributed by atoms with E-state index in [9.17, 15) is 4.39 Å². The van der Waals surface area contributed by atoms with Gasteiger partial charge in [0.25, 0.3) is 0 Å². The average molecular weight is 343 g/mol. The highest BCUT2D eigenvalue weighted by molar-refractivity contribution is 5.93. The maximum absolute atomic E-state index is 13.3. The zero-order valence-electron chi connectivity index (χ0n) is 14.2. The van der Waals surface area contributed by atoms with Crippen molar-refractivity contribution in [1.82, 2.24) is 5.32 Å². The monoisotopic (exact) mass is 343 g/mol. The summed E-state index contributed by atoms with van der Waals surface area (Å²) in [6.45, 7) is 4.41. The third kappa shape index (κ3) is 4.86. The van der Waals surface area contributed by atoms with Gasteiger partial charge in [0, 0.05) is 24.7 Å². The lowest BCUT2D eigenvalue weighted by atomic mass is 10.2. The van der Waals surface area contributed by atoms with Gasteiger partial charge < -0.3 is 20.1 Å². The van der Waals surface area contributed by atoms with Crippen molar-refractivity contribution in [3.63, 3.8) is 0 Å². The van der Waals surface area contributed by atoms with Gasteiger partial charge in [-0.1, -0.05) is 12.1 Å². The Morgan fingerprint density at radius 3 is 2.76 bits per heavy atom. The number of fused-ring (bicyclic) bond motifs is 1. The number of ether oxygens (including phenoxy) is 2. The van der Waals surface area contributed by atoms with Gasteiger partial charge in [-0.3, -0.25) is 0 Å². The molecule has 2 aromatic carbocycles. The van der Waals surface area contributed by atoms with Crippen molar-refractivity contribution < 1.29 is 13.9 Å². The predicted molar refractivity (Wildman–Crippen MR) is 96.9 cm³/mol. The number of halogens is 1. The van der Waals surface area contributed by atoms with Gasteiger partial charge in [0.2, 0.25) is 0 Å². The van der Waals surface area contributed by atoms with Crippen LogP contribution >= 0.6 is 0 Å². The van der Waals surface area contributed by atoms with E-state index in [1.54, 1.807) is 6.07 Å². The minimum Gasteiger partial charge on any atom is -0.490 e. The van der Waals surface area contributed by atoms with Crippen molar-refractivity contribution >= 4 is 11.6 Å². The van der Waals surface area contributed by atoms with Gasteiger partial charge in [-0.2, -0.15) is 0 Å². The van der Waals surface area contributed by atoms with Crippen LogP contribution in [0.25, 0.3) is 0 Å². The Hall–Kier alpha value is -2.76. The van der Waals surface area contributed by atoms with Crippen LogP contribution in [0.5, 0.6) is 11.5 Å². The molecule has 0 saturated carbocycles. The van der Waals surface area contributed by atoms with E-state index in [4.69, 9.17) is 9.47 Å². The summed E-state index contributed by atoms with van der Waals surface area (Å²) in [4.78, 5) is 4.51. The molecule has 0 aliphatic carbocycles. The van der Waals surface area contributed by atoms with E-state index in [1.807, 2.05) is 31.2 Å². The van der Waals surface area contributed by atoms with E-state index in [0.717, 1.165) is 35.7 Å². The maximum atomic E-state index is 13.3. The summed E-state index contributed by atoms with van der Waals surface area (Å²) in [7, 11) is 0. The first-order chi connectivity index (χ1) is 12.2. The first kappa shape index (κ1) is 17.1. The third-order valence-electron chi connectivity index (χ3n) is 3.66. The molecule has 0 saturated heterocycles. The van der Waals surface area contributed by atoms with E-state index in [-0.39, 0.29) is 5.82 Å². The second-order valence-electron chi connectivity index (χ2n) is 5.66. The molecule has 0 aromatic heterocycles. The molecule has 132 valence electrons. The molecule has 3 rings (SSSR count). The van der Waals surface area contributed by atoms with Gasteiger partial charge in [-0.15, -0.1) is 0 Å². The molecule has 25 heavy (non-hydrogen) atoms. The van der Waals surface area contributed by atoms with Crippen LogP contribution in [0.4, 0.5) is 10.1 Å². The summed E-state index contributed by atoms with van der Waals surface area (Å²) in [5.41, 5.74) is 1.67. The number of nitrogens with zero attached hydrogens (tertiary/aromatic N) is 1. The molecule has 0 fully saturated rings. The summed E-state index contributed by atoms with van der Waals surface area (Å²) in [6, 6.07) is 12.2. The molecular formula is C19H22FN3O2. The Balaban J connectivity index is 1.73. The molecule has 5 nitrogen and oxygen atoms in total. The molecule has 2 N–H and O–H groups in total. The first-order valence-corrected chi connectivity index (χ1v) is 8.44.